The lowest BCUT2D eigenvalue weighted by Gasteiger charge is -2.29. The van der Waals surface area contributed by atoms with Gasteiger partial charge in [-0.2, -0.15) is 13.2 Å². The van der Waals surface area contributed by atoms with Gasteiger partial charge in [0.15, 0.2) is 5.60 Å². The van der Waals surface area contributed by atoms with Gasteiger partial charge >= 0.3 is 12.1 Å². The lowest BCUT2D eigenvalue weighted by Crippen LogP contribution is -2.57. The lowest BCUT2D eigenvalue weighted by atomic mass is 9.89. The molecule has 0 unspecified atom stereocenters. The molecule has 0 amide bonds. The Hall–Kier alpha value is -1.91. The number of rotatable bonds is 10. The number of hydrogen-bond donors (Lipinski definition) is 3. The van der Waals surface area contributed by atoms with Crippen molar-refractivity contribution in [3.8, 4) is 5.75 Å². The largest absolute Gasteiger partial charge is 0.490 e. The Kier molecular flexibility index (Phi) is 8.23. The highest BCUT2D eigenvalue weighted by atomic mass is 19.4. The average Bonchev–Trinajstić information content (AvgIpc) is 2.65. The molecule has 2 rings (SSSR count). The van der Waals surface area contributed by atoms with Crippen molar-refractivity contribution >= 4 is 5.97 Å². The Morgan fingerprint density at radius 3 is 2.62 bits per heavy atom. The van der Waals surface area contributed by atoms with Gasteiger partial charge in [-0.25, -0.2) is 4.79 Å². The minimum absolute atomic E-state index is 0.0849. The zero-order valence-electron chi connectivity index (χ0n) is 16.0. The van der Waals surface area contributed by atoms with Crippen molar-refractivity contribution in [1.82, 2.24) is 4.98 Å². The third-order valence-electron chi connectivity index (χ3n) is 4.90. The Balaban J connectivity index is 1.99. The number of nitrogens with two attached hydrogens (primary N) is 1. The summed E-state index contributed by atoms with van der Waals surface area (Å²) in [5.41, 5.74) is 3.54. The van der Waals surface area contributed by atoms with Gasteiger partial charge in [0.2, 0.25) is 0 Å². The van der Waals surface area contributed by atoms with Crippen LogP contribution in [0.15, 0.2) is 18.3 Å². The molecule has 7 nitrogen and oxygen atoms in total. The van der Waals surface area contributed by atoms with Crippen LogP contribution in [0.3, 0.4) is 0 Å². The molecule has 1 fully saturated rings. The minimum Gasteiger partial charge on any atom is -0.490 e. The number of aromatic nitrogens is 1. The van der Waals surface area contributed by atoms with Crippen LogP contribution in [0.2, 0.25) is 0 Å². The molecule has 1 aliphatic rings. The molecule has 164 valence electrons. The Bertz CT molecular complexity index is 667. The van der Waals surface area contributed by atoms with Crippen LogP contribution in [0.1, 0.15) is 44.2 Å². The highest BCUT2D eigenvalue weighted by molar-refractivity contribution is 5.78. The van der Waals surface area contributed by atoms with E-state index in [1.165, 1.54) is 12.6 Å². The van der Waals surface area contributed by atoms with Gasteiger partial charge in [-0.3, -0.25) is 4.98 Å². The second-order valence-electron chi connectivity index (χ2n) is 7.31. The molecule has 0 radical (unpaired) electrons. The summed E-state index contributed by atoms with van der Waals surface area (Å²) in [5.74, 6) is -1.09. The summed E-state index contributed by atoms with van der Waals surface area (Å²) in [5, 5.41) is 20.0. The van der Waals surface area contributed by atoms with Gasteiger partial charge in [-0.05, 0) is 31.7 Å². The molecule has 0 saturated heterocycles. The summed E-state index contributed by atoms with van der Waals surface area (Å²) in [6.45, 7) is -1.22. The van der Waals surface area contributed by atoms with Gasteiger partial charge in [0.1, 0.15) is 5.75 Å². The van der Waals surface area contributed by atoms with Crippen molar-refractivity contribution in [3.05, 3.63) is 24.0 Å². The topological polar surface area (TPSA) is 115 Å². The van der Waals surface area contributed by atoms with Crippen molar-refractivity contribution in [3.63, 3.8) is 0 Å². The molecule has 29 heavy (non-hydrogen) atoms. The number of carboxylic acid groups (broad SMARTS) is 1. The first-order chi connectivity index (χ1) is 13.6. The van der Waals surface area contributed by atoms with Crippen LogP contribution in [0.5, 0.6) is 5.75 Å². The van der Waals surface area contributed by atoms with E-state index in [-0.39, 0.29) is 11.8 Å². The van der Waals surface area contributed by atoms with E-state index in [4.69, 9.17) is 15.2 Å². The quantitative estimate of drug-likeness (QED) is 0.498. The van der Waals surface area contributed by atoms with Crippen LogP contribution in [0, 0.1) is 0 Å². The van der Waals surface area contributed by atoms with Crippen LogP contribution in [0.4, 0.5) is 13.2 Å². The van der Waals surface area contributed by atoms with Crippen LogP contribution >= 0.6 is 0 Å². The van der Waals surface area contributed by atoms with E-state index in [0.29, 0.717) is 5.75 Å². The zero-order valence-corrected chi connectivity index (χ0v) is 16.0. The number of carbonyl (C=O) groups is 1. The van der Waals surface area contributed by atoms with Gasteiger partial charge in [-0.15, -0.1) is 0 Å². The maximum Gasteiger partial charge on any atom is 0.391 e. The third-order valence-corrected chi connectivity index (χ3v) is 4.90. The molecule has 1 aliphatic carbocycles. The summed E-state index contributed by atoms with van der Waals surface area (Å²) < 4.78 is 47.2. The monoisotopic (exact) mass is 420 g/mol. The molecule has 1 heterocycles. The smallest absolute Gasteiger partial charge is 0.391 e. The number of hydrogen-bond acceptors (Lipinski definition) is 6. The maximum absolute atomic E-state index is 12.2. The van der Waals surface area contributed by atoms with Gasteiger partial charge in [-0.1, -0.05) is 6.42 Å². The van der Waals surface area contributed by atoms with Crippen LogP contribution < -0.4 is 10.5 Å². The molecule has 0 aromatic carbocycles. The van der Waals surface area contributed by atoms with Gasteiger partial charge < -0.3 is 25.4 Å². The predicted molar refractivity (Wildman–Crippen MR) is 97.5 cm³/mol. The van der Waals surface area contributed by atoms with Crippen molar-refractivity contribution in [2.24, 2.45) is 5.73 Å². The molecular formula is C19H27F3N2O5. The molecule has 1 aromatic heterocycles. The Morgan fingerprint density at radius 1 is 1.31 bits per heavy atom. The van der Waals surface area contributed by atoms with E-state index in [1.807, 2.05) is 0 Å². The predicted octanol–water partition coefficient (Wildman–Crippen LogP) is 2.45. The number of carboxylic acids is 1. The van der Waals surface area contributed by atoms with Crippen molar-refractivity contribution in [2.75, 3.05) is 13.2 Å². The van der Waals surface area contributed by atoms with E-state index in [2.05, 4.69) is 4.98 Å². The molecule has 10 heteroatoms. The molecule has 0 bridgehead atoms. The number of halogens is 3. The van der Waals surface area contributed by atoms with Crippen molar-refractivity contribution in [1.29, 1.82) is 0 Å². The number of aliphatic carboxylic acids is 1. The van der Waals surface area contributed by atoms with Crippen molar-refractivity contribution in [2.45, 2.75) is 68.9 Å². The summed E-state index contributed by atoms with van der Waals surface area (Å²) >= 11 is 0. The molecule has 0 aliphatic heterocycles. The molecule has 1 aromatic rings. The Morgan fingerprint density at radius 2 is 2.00 bits per heavy atom. The van der Waals surface area contributed by atoms with E-state index >= 15 is 0 Å². The molecule has 4 N–H and O–H groups in total. The van der Waals surface area contributed by atoms with Crippen LogP contribution in [-0.2, 0) is 16.0 Å². The summed E-state index contributed by atoms with van der Waals surface area (Å²) in [7, 11) is 0. The molecule has 1 saturated carbocycles. The number of alkyl halides is 3. The van der Waals surface area contributed by atoms with Crippen LogP contribution in [-0.4, -0.2) is 58.3 Å². The number of aliphatic hydroxyl groups is 1. The molecular weight excluding hydrogens is 393 g/mol. The van der Waals surface area contributed by atoms with E-state index in [0.717, 1.165) is 25.7 Å². The van der Waals surface area contributed by atoms with E-state index in [1.54, 1.807) is 12.1 Å². The van der Waals surface area contributed by atoms with Gasteiger partial charge in [0, 0.05) is 24.4 Å². The van der Waals surface area contributed by atoms with Crippen molar-refractivity contribution < 1.29 is 37.7 Å². The van der Waals surface area contributed by atoms with Gasteiger partial charge in [0.25, 0.3) is 0 Å². The van der Waals surface area contributed by atoms with E-state index in [9.17, 15) is 28.2 Å². The SMILES string of the molecule is N[C@@H](COCCC(F)(F)F)[C@](O)(Cc1cc(OC2CCCCC2)ccn1)C(=O)O. The minimum atomic E-state index is -4.39. The lowest BCUT2D eigenvalue weighted by molar-refractivity contribution is -0.165. The number of nitrogens with zero attached hydrogens (tertiary/aromatic N) is 1. The number of pyridine rings is 1. The Labute approximate surface area is 167 Å². The van der Waals surface area contributed by atoms with E-state index < -0.39 is 49.8 Å². The van der Waals surface area contributed by atoms with Crippen LogP contribution in [0.25, 0.3) is 0 Å². The fourth-order valence-electron chi connectivity index (χ4n) is 3.18. The summed E-state index contributed by atoms with van der Waals surface area (Å²) in [6, 6.07) is 1.75. The second kappa shape index (κ2) is 10.2. The fourth-order valence-corrected chi connectivity index (χ4v) is 3.18. The first-order valence-corrected chi connectivity index (χ1v) is 9.57. The first-order valence-electron chi connectivity index (χ1n) is 9.57. The fraction of sp³-hybridized carbons (Fsp3) is 0.684. The standard InChI is InChI=1S/C19H27F3N2O5/c20-19(21,22)7-9-28-12-16(23)18(27,17(25)26)11-13-10-15(6-8-24-13)29-14-4-2-1-3-5-14/h6,8,10,14,16,27H,1-5,7,9,11-12,23H2,(H,25,26)/t16-,18+/m0/s1. The maximum atomic E-state index is 12.2. The highest BCUT2D eigenvalue weighted by Gasteiger charge is 2.43. The first kappa shape index (κ1) is 23.4. The summed E-state index contributed by atoms with van der Waals surface area (Å²) in [4.78, 5) is 15.7. The number of ether oxygens (including phenoxy) is 2. The molecule has 0 spiro atoms. The zero-order chi connectivity index (χ0) is 21.5. The second-order valence-corrected chi connectivity index (χ2v) is 7.31. The molecule has 2 atom stereocenters. The average molecular weight is 420 g/mol. The highest BCUT2D eigenvalue weighted by Crippen LogP contribution is 2.25. The summed E-state index contributed by atoms with van der Waals surface area (Å²) in [6.07, 6.45) is 0.749. The normalized spacial score (nSPS) is 18.8. The van der Waals surface area contributed by atoms with Gasteiger partial charge in [0.05, 0.1) is 31.8 Å². The third kappa shape index (κ3) is 7.45.